The lowest BCUT2D eigenvalue weighted by Gasteiger charge is -2.21. The van der Waals surface area contributed by atoms with Gasteiger partial charge in [0.1, 0.15) is 6.04 Å². The molecule has 0 aliphatic carbocycles. The molecule has 1 aliphatic heterocycles. The van der Waals surface area contributed by atoms with E-state index < -0.39 is 29.7 Å². The zero-order valence-electron chi connectivity index (χ0n) is 18.5. The first-order chi connectivity index (χ1) is 15.5. The maximum absolute atomic E-state index is 12.6. The van der Waals surface area contributed by atoms with Crippen molar-refractivity contribution in [2.45, 2.75) is 33.4 Å². The first kappa shape index (κ1) is 26.1. The highest BCUT2D eigenvalue weighted by Crippen LogP contribution is 2.34. The van der Waals surface area contributed by atoms with Crippen LogP contribution in [0.2, 0.25) is 0 Å². The molecule has 180 valence electrons. The number of nitrogens with one attached hydrogen (secondary N) is 2. The second-order valence-electron chi connectivity index (χ2n) is 7.34. The van der Waals surface area contributed by atoms with Gasteiger partial charge in [-0.1, -0.05) is 19.9 Å². The SMILES string of the molecule is COc1cc(/C=C2\SC(=O)N(CCNC(=O)[C@H](NC(C)=O)C(C)C)C2=O)ccc1OC(F)F. The van der Waals surface area contributed by atoms with Gasteiger partial charge in [-0.3, -0.25) is 24.1 Å². The third-order valence-corrected chi connectivity index (χ3v) is 5.43. The minimum Gasteiger partial charge on any atom is -0.493 e. The number of benzene rings is 1. The Morgan fingerprint density at radius 3 is 2.48 bits per heavy atom. The van der Waals surface area contributed by atoms with Crippen molar-refractivity contribution in [3.8, 4) is 11.5 Å². The van der Waals surface area contributed by atoms with Gasteiger partial charge in [0.15, 0.2) is 11.5 Å². The van der Waals surface area contributed by atoms with Gasteiger partial charge < -0.3 is 20.1 Å². The number of hydrogen-bond donors (Lipinski definition) is 2. The Balaban J connectivity index is 2.03. The second-order valence-corrected chi connectivity index (χ2v) is 8.33. The average molecular weight is 486 g/mol. The molecule has 1 aromatic carbocycles. The summed E-state index contributed by atoms with van der Waals surface area (Å²) < 4.78 is 34.3. The minimum atomic E-state index is -3.02. The van der Waals surface area contributed by atoms with Crippen LogP contribution in [0.25, 0.3) is 6.08 Å². The molecule has 0 unspecified atom stereocenters. The zero-order chi connectivity index (χ0) is 24.7. The van der Waals surface area contributed by atoms with E-state index in [-0.39, 0.29) is 41.3 Å². The Labute approximate surface area is 193 Å². The summed E-state index contributed by atoms with van der Waals surface area (Å²) in [6.45, 7) is 1.81. The number of hydrogen-bond acceptors (Lipinski definition) is 7. The molecule has 0 aromatic heterocycles. The summed E-state index contributed by atoms with van der Waals surface area (Å²) in [5.74, 6) is -1.57. The van der Waals surface area contributed by atoms with Crippen LogP contribution >= 0.6 is 11.8 Å². The van der Waals surface area contributed by atoms with Crippen molar-refractivity contribution in [3.05, 3.63) is 28.7 Å². The number of methoxy groups -OCH3 is 1. The number of rotatable bonds is 10. The van der Waals surface area contributed by atoms with Crippen molar-refractivity contribution < 1.29 is 37.4 Å². The number of amides is 4. The summed E-state index contributed by atoms with van der Waals surface area (Å²) in [6, 6.07) is 3.39. The molecule has 2 rings (SSSR count). The monoisotopic (exact) mass is 485 g/mol. The third-order valence-electron chi connectivity index (χ3n) is 4.52. The molecule has 2 N–H and O–H groups in total. The molecule has 0 saturated carbocycles. The molecule has 0 bridgehead atoms. The Bertz CT molecular complexity index is 954. The number of halogens is 2. The normalized spacial score (nSPS) is 15.9. The van der Waals surface area contributed by atoms with E-state index >= 15 is 0 Å². The van der Waals surface area contributed by atoms with Crippen LogP contribution in [0, 0.1) is 5.92 Å². The van der Waals surface area contributed by atoms with E-state index in [2.05, 4.69) is 15.4 Å². The first-order valence-electron chi connectivity index (χ1n) is 9.96. The van der Waals surface area contributed by atoms with Gasteiger partial charge in [0, 0.05) is 20.0 Å². The van der Waals surface area contributed by atoms with Crippen LogP contribution in [0.15, 0.2) is 23.1 Å². The topological polar surface area (TPSA) is 114 Å². The highest BCUT2D eigenvalue weighted by Gasteiger charge is 2.35. The number of thioether (sulfide) groups is 1. The van der Waals surface area contributed by atoms with Crippen LogP contribution in [-0.4, -0.2) is 60.7 Å². The van der Waals surface area contributed by atoms with Crippen LogP contribution < -0.4 is 20.1 Å². The van der Waals surface area contributed by atoms with Crippen molar-refractivity contribution in [3.63, 3.8) is 0 Å². The number of imide groups is 1. The lowest BCUT2D eigenvalue weighted by atomic mass is 10.0. The smallest absolute Gasteiger partial charge is 0.387 e. The standard InChI is InChI=1S/C21H25F2N3O6S/c1-11(2)17(25-12(3)27)18(28)24-7-8-26-19(29)16(33-21(26)30)10-13-5-6-14(32-20(22)23)15(9-13)31-4/h5-6,9-11,17,20H,7-8H2,1-4H3,(H,24,28)(H,25,27)/b16-10-/t17-/m1/s1. The molecule has 12 heteroatoms. The predicted octanol–water partition coefficient (Wildman–Crippen LogP) is 2.61. The summed E-state index contributed by atoms with van der Waals surface area (Å²) >= 11 is 0.720. The highest BCUT2D eigenvalue weighted by atomic mass is 32.2. The average Bonchev–Trinajstić information content (AvgIpc) is 2.99. The summed E-state index contributed by atoms with van der Waals surface area (Å²) in [5, 5.41) is 4.67. The summed E-state index contributed by atoms with van der Waals surface area (Å²) in [6.07, 6.45) is 1.43. The fourth-order valence-corrected chi connectivity index (χ4v) is 3.83. The predicted molar refractivity (Wildman–Crippen MR) is 118 cm³/mol. The molecule has 1 saturated heterocycles. The molecular formula is C21H25F2N3O6S. The van der Waals surface area contributed by atoms with E-state index in [1.165, 1.54) is 38.3 Å². The van der Waals surface area contributed by atoms with Gasteiger partial charge in [0.25, 0.3) is 11.1 Å². The van der Waals surface area contributed by atoms with Crippen LogP contribution in [-0.2, 0) is 14.4 Å². The molecule has 0 spiro atoms. The van der Waals surface area contributed by atoms with Crippen molar-refractivity contribution in [2.24, 2.45) is 5.92 Å². The largest absolute Gasteiger partial charge is 0.493 e. The maximum Gasteiger partial charge on any atom is 0.387 e. The number of nitrogens with zero attached hydrogens (tertiary/aromatic N) is 1. The maximum atomic E-state index is 12.6. The van der Waals surface area contributed by atoms with E-state index in [9.17, 15) is 28.0 Å². The zero-order valence-corrected chi connectivity index (χ0v) is 19.3. The molecule has 9 nitrogen and oxygen atoms in total. The molecule has 1 fully saturated rings. The third kappa shape index (κ3) is 7.17. The molecule has 4 amide bonds. The quantitative estimate of drug-likeness (QED) is 0.490. The van der Waals surface area contributed by atoms with Gasteiger partial charge in [-0.05, 0) is 41.5 Å². The van der Waals surface area contributed by atoms with Crippen LogP contribution in [0.1, 0.15) is 26.3 Å². The fraction of sp³-hybridized carbons (Fsp3) is 0.429. The van der Waals surface area contributed by atoms with E-state index in [1.807, 2.05) is 0 Å². The van der Waals surface area contributed by atoms with Crippen LogP contribution in [0.4, 0.5) is 13.6 Å². The summed E-state index contributed by atoms with van der Waals surface area (Å²) in [5.41, 5.74) is 0.447. The van der Waals surface area contributed by atoms with Crippen molar-refractivity contribution in [1.82, 2.24) is 15.5 Å². The van der Waals surface area contributed by atoms with E-state index in [1.54, 1.807) is 13.8 Å². The number of carbonyl (C=O) groups is 4. The summed E-state index contributed by atoms with van der Waals surface area (Å²) in [4.78, 5) is 49.6. The Morgan fingerprint density at radius 2 is 1.91 bits per heavy atom. The van der Waals surface area contributed by atoms with Crippen LogP contribution in [0.5, 0.6) is 11.5 Å². The highest BCUT2D eigenvalue weighted by molar-refractivity contribution is 8.18. The Morgan fingerprint density at radius 1 is 1.21 bits per heavy atom. The minimum absolute atomic E-state index is 0.0143. The lowest BCUT2D eigenvalue weighted by molar-refractivity contribution is -0.129. The van der Waals surface area contributed by atoms with Gasteiger partial charge in [-0.2, -0.15) is 8.78 Å². The number of ether oxygens (including phenoxy) is 2. The van der Waals surface area contributed by atoms with Gasteiger partial charge in [-0.25, -0.2) is 0 Å². The van der Waals surface area contributed by atoms with E-state index in [0.717, 1.165) is 16.7 Å². The molecular weight excluding hydrogens is 460 g/mol. The number of carbonyl (C=O) groups excluding carboxylic acids is 4. The molecule has 1 aromatic rings. The molecule has 1 aliphatic rings. The molecule has 1 atom stereocenters. The van der Waals surface area contributed by atoms with Gasteiger partial charge >= 0.3 is 6.61 Å². The molecule has 1 heterocycles. The van der Waals surface area contributed by atoms with Gasteiger partial charge in [0.05, 0.1) is 12.0 Å². The Hall–Kier alpha value is -3.15. The van der Waals surface area contributed by atoms with Crippen LogP contribution in [0.3, 0.4) is 0 Å². The van der Waals surface area contributed by atoms with Crippen molar-refractivity contribution in [1.29, 1.82) is 0 Å². The lowest BCUT2D eigenvalue weighted by Crippen LogP contribution is -2.50. The Kier molecular flexibility index (Phi) is 9.21. The first-order valence-corrected chi connectivity index (χ1v) is 10.8. The molecule has 0 radical (unpaired) electrons. The van der Waals surface area contributed by atoms with E-state index in [0.29, 0.717) is 5.56 Å². The number of alkyl halides is 2. The summed E-state index contributed by atoms with van der Waals surface area (Å²) in [7, 11) is 1.29. The second kappa shape index (κ2) is 11.6. The van der Waals surface area contributed by atoms with Crippen molar-refractivity contribution in [2.75, 3.05) is 20.2 Å². The van der Waals surface area contributed by atoms with Crippen molar-refractivity contribution >= 4 is 40.8 Å². The van der Waals surface area contributed by atoms with Gasteiger partial charge in [0.2, 0.25) is 11.8 Å². The van der Waals surface area contributed by atoms with Gasteiger partial charge in [-0.15, -0.1) is 0 Å². The molecule has 33 heavy (non-hydrogen) atoms. The fourth-order valence-electron chi connectivity index (χ4n) is 2.97. The van der Waals surface area contributed by atoms with E-state index in [4.69, 9.17) is 4.74 Å².